The summed E-state index contributed by atoms with van der Waals surface area (Å²) in [5.74, 6) is 1.53. The van der Waals surface area contributed by atoms with Gasteiger partial charge in [0.2, 0.25) is 0 Å². The van der Waals surface area contributed by atoms with E-state index in [1.807, 2.05) is 29.2 Å². The van der Waals surface area contributed by atoms with Crippen molar-refractivity contribution in [1.82, 2.24) is 19.9 Å². The highest BCUT2D eigenvalue weighted by molar-refractivity contribution is 6.30. The van der Waals surface area contributed by atoms with Gasteiger partial charge >= 0.3 is 0 Å². The molecule has 0 radical (unpaired) electrons. The molecule has 1 amide bonds. The third-order valence-electron chi connectivity index (χ3n) is 4.70. The Balaban J connectivity index is 1.44. The molecule has 0 spiro atoms. The molecule has 4 rings (SSSR count). The molecule has 7 heteroatoms. The lowest BCUT2D eigenvalue weighted by atomic mass is 9.97. The zero-order chi connectivity index (χ0) is 18.6. The van der Waals surface area contributed by atoms with Crippen LogP contribution in [0.5, 0.6) is 0 Å². The van der Waals surface area contributed by atoms with E-state index in [2.05, 4.69) is 15.0 Å². The number of amides is 1. The Bertz CT molecular complexity index is 928. The molecule has 1 saturated heterocycles. The molecule has 1 atom stereocenters. The number of rotatable bonds is 4. The van der Waals surface area contributed by atoms with Gasteiger partial charge in [0.25, 0.3) is 5.91 Å². The van der Waals surface area contributed by atoms with Gasteiger partial charge in [0.1, 0.15) is 12.1 Å². The second-order valence-corrected chi connectivity index (χ2v) is 7.13. The van der Waals surface area contributed by atoms with Crippen LogP contribution >= 0.6 is 11.6 Å². The fourth-order valence-electron chi connectivity index (χ4n) is 3.40. The maximum absolute atomic E-state index is 12.6. The van der Waals surface area contributed by atoms with Crippen molar-refractivity contribution in [2.45, 2.75) is 25.2 Å². The first-order valence-corrected chi connectivity index (χ1v) is 9.30. The predicted molar refractivity (Wildman–Crippen MR) is 101 cm³/mol. The molecule has 2 aromatic heterocycles. The highest BCUT2D eigenvalue weighted by atomic mass is 35.5. The van der Waals surface area contributed by atoms with Gasteiger partial charge in [-0.05, 0) is 30.5 Å². The van der Waals surface area contributed by atoms with Crippen LogP contribution in [0, 0.1) is 0 Å². The van der Waals surface area contributed by atoms with E-state index in [1.165, 1.54) is 6.33 Å². The third kappa shape index (κ3) is 4.17. The summed E-state index contributed by atoms with van der Waals surface area (Å²) in [4.78, 5) is 26.8. The van der Waals surface area contributed by atoms with Crippen LogP contribution in [0.1, 0.15) is 46.3 Å². The normalized spacial score (nSPS) is 17.1. The van der Waals surface area contributed by atoms with E-state index in [9.17, 15) is 4.79 Å². The Morgan fingerprint density at radius 2 is 2.11 bits per heavy atom. The number of piperidine rings is 1. The van der Waals surface area contributed by atoms with E-state index in [0.717, 1.165) is 30.7 Å². The van der Waals surface area contributed by atoms with Crippen molar-refractivity contribution < 1.29 is 9.21 Å². The molecule has 3 heterocycles. The molecule has 3 aromatic rings. The lowest BCUT2D eigenvalue weighted by molar-refractivity contribution is 0.0697. The number of likely N-dealkylation sites (tertiary alicyclic amines) is 1. The second-order valence-electron chi connectivity index (χ2n) is 6.69. The minimum Gasteiger partial charge on any atom is -0.445 e. The minimum absolute atomic E-state index is 0.0500. The van der Waals surface area contributed by atoms with Gasteiger partial charge in [-0.15, -0.1) is 0 Å². The first kappa shape index (κ1) is 17.7. The number of hydrogen-bond donors (Lipinski definition) is 0. The fraction of sp³-hybridized carbons (Fsp3) is 0.300. The molecule has 6 nitrogen and oxygen atoms in total. The van der Waals surface area contributed by atoms with Gasteiger partial charge in [-0.25, -0.2) is 15.0 Å². The number of benzene rings is 1. The SMILES string of the molecule is O=C(c1cncnc1)N1CCCC(c2ncc(Cc3cccc(Cl)c3)o2)C1. The Labute approximate surface area is 162 Å². The van der Waals surface area contributed by atoms with E-state index >= 15 is 0 Å². The molecule has 1 unspecified atom stereocenters. The van der Waals surface area contributed by atoms with Gasteiger partial charge in [0, 0.05) is 36.9 Å². The highest BCUT2D eigenvalue weighted by Crippen LogP contribution is 2.28. The number of oxazole rings is 1. The average molecular weight is 383 g/mol. The zero-order valence-electron chi connectivity index (χ0n) is 14.7. The van der Waals surface area contributed by atoms with E-state index in [1.54, 1.807) is 18.6 Å². The van der Waals surface area contributed by atoms with Crippen molar-refractivity contribution in [3.63, 3.8) is 0 Å². The molecule has 138 valence electrons. The van der Waals surface area contributed by atoms with Gasteiger partial charge in [0.15, 0.2) is 5.89 Å². The molecule has 1 aromatic carbocycles. The Morgan fingerprint density at radius 3 is 2.93 bits per heavy atom. The summed E-state index contributed by atoms with van der Waals surface area (Å²) in [5.41, 5.74) is 1.59. The standard InChI is InChI=1S/C20H19ClN4O2/c21-17-5-1-3-14(7-17)8-18-11-24-19(27-18)15-4-2-6-25(12-15)20(26)16-9-22-13-23-10-16/h1,3,5,7,9-11,13,15H,2,4,6,8,12H2. The topological polar surface area (TPSA) is 72.1 Å². The lowest BCUT2D eigenvalue weighted by Gasteiger charge is -2.31. The van der Waals surface area contributed by atoms with E-state index in [-0.39, 0.29) is 11.8 Å². The summed E-state index contributed by atoms with van der Waals surface area (Å²) in [6.45, 7) is 1.31. The highest BCUT2D eigenvalue weighted by Gasteiger charge is 2.28. The van der Waals surface area contributed by atoms with Crippen LogP contribution in [-0.4, -0.2) is 38.8 Å². The van der Waals surface area contributed by atoms with Gasteiger partial charge in [-0.2, -0.15) is 0 Å². The number of hydrogen-bond acceptors (Lipinski definition) is 5. The van der Waals surface area contributed by atoms with Crippen LogP contribution in [0.15, 0.2) is 53.6 Å². The number of carbonyl (C=O) groups is 1. The first-order chi connectivity index (χ1) is 13.2. The Hall–Kier alpha value is -2.73. The van der Waals surface area contributed by atoms with Crippen LogP contribution in [0.4, 0.5) is 0 Å². The van der Waals surface area contributed by atoms with Crippen molar-refractivity contribution in [3.8, 4) is 0 Å². The Morgan fingerprint density at radius 1 is 1.26 bits per heavy atom. The van der Waals surface area contributed by atoms with Gasteiger partial charge in [0.05, 0.1) is 17.7 Å². The summed E-state index contributed by atoms with van der Waals surface area (Å²) in [6, 6.07) is 7.71. The molecule has 1 aliphatic heterocycles. The van der Waals surface area contributed by atoms with E-state index < -0.39 is 0 Å². The quantitative estimate of drug-likeness (QED) is 0.687. The molecule has 0 N–H and O–H groups in total. The molecule has 0 aliphatic carbocycles. The molecule has 1 fully saturated rings. The van der Waals surface area contributed by atoms with Crippen LogP contribution < -0.4 is 0 Å². The number of aromatic nitrogens is 3. The maximum Gasteiger partial charge on any atom is 0.257 e. The predicted octanol–water partition coefficient (Wildman–Crippen LogP) is 3.73. The summed E-state index contributed by atoms with van der Waals surface area (Å²) in [7, 11) is 0. The summed E-state index contributed by atoms with van der Waals surface area (Å²) < 4.78 is 5.98. The van der Waals surface area contributed by atoms with Gasteiger partial charge in [-0.3, -0.25) is 4.79 Å². The first-order valence-electron chi connectivity index (χ1n) is 8.92. The minimum atomic E-state index is -0.0500. The third-order valence-corrected chi connectivity index (χ3v) is 4.94. The number of halogens is 1. The largest absolute Gasteiger partial charge is 0.445 e. The zero-order valence-corrected chi connectivity index (χ0v) is 15.5. The summed E-state index contributed by atoms with van der Waals surface area (Å²) in [5, 5.41) is 0.707. The van der Waals surface area contributed by atoms with Crippen molar-refractivity contribution in [1.29, 1.82) is 0 Å². The van der Waals surface area contributed by atoms with Crippen molar-refractivity contribution in [3.05, 3.63) is 77.0 Å². The monoisotopic (exact) mass is 382 g/mol. The Kier molecular flexibility index (Phi) is 5.16. The van der Waals surface area contributed by atoms with Crippen LogP contribution in [0.3, 0.4) is 0 Å². The lowest BCUT2D eigenvalue weighted by Crippen LogP contribution is -2.39. The van der Waals surface area contributed by atoms with E-state index in [0.29, 0.717) is 29.4 Å². The molecule has 0 bridgehead atoms. The van der Waals surface area contributed by atoms with Crippen molar-refractivity contribution in [2.24, 2.45) is 0 Å². The van der Waals surface area contributed by atoms with Crippen molar-refractivity contribution in [2.75, 3.05) is 13.1 Å². The molecular weight excluding hydrogens is 364 g/mol. The van der Waals surface area contributed by atoms with Crippen LogP contribution in [0.2, 0.25) is 5.02 Å². The second kappa shape index (κ2) is 7.88. The van der Waals surface area contributed by atoms with Gasteiger partial charge < -0.3 is 9.32 Å². The fourth-order valence-corrected chi connectivity index (χ4v) is 3.61. The summed E-state index contributed by atoms with van der Waals surface area (Å²) in [6.07, 6.45) is 8.79. The number of nitrogens with zero attached hydrogens (tertiary/aromatic N) is 4. The van der Waals surface area contributed by atoms with Crippen LogP contribution in [-0.2, 0) is 6.42 Å². The smallest absolute Gasteiger partial charge is 0.257 e. The molecular formula is C20H19ClN4O2. The summed E-state index contributed by atoms with van der Waals surface area (Å²) >= 11 is 6.04. The average Bonchev–Trinajstić information content (AvgIpc) is 3.17. The molecule has 1 aliphatic rings. The number of carbonyl (C=O) groups excluding carboxylic acids is 1. The van der Waals surface area contributed by atoms with E-state index in [4.69, 9.17) is 16.0 Å². The van der Waals surface area contributed by atoms with Crippen molar-refractivity contribution >= 4 is 17.5 Å². The molecule has 0 saturated carbocycles. The maximum atomic E-state index is 12.6. The van der Waals surface area contributed by atoms with Crippen LogP contribution in [0.25, 0.3) is 0 Å². The van der Waals surface area contributed by atoms with Gasteiger partial charge in [-0.1, -0.05) is 23.7 Å². The molecule has 27 heavy (non-hydrogen) atoms.